The topological polar surface area (TPSA) is 46.4 Å². The highest BCUT2D eigenvalue weighted by Crippen LogP contribution is 2.29. The molecule has 0 bridgehead atoms. The van der Waals surface area contributed by atoms with Crippen LogP contribution in [-0.2, 0) is 17.5 Å². The monoisotopic (exact) mass is 357 g/mol. The fraction of sp³-hybridized carbons (Fsp3) is 0.375. The van der Waals surface area contributed by atoms with Gasteiger partial charge in [-0.2, -0.15) is 18.2 Å². The highest BCUT2D eigenvalue weighted by Gasteiger charge is 2.30. The minimum absolute atomic E-state index is 0.356. The quantitative estimate of drug-likeness (QED) is 0.833. The Morgan fingerprint density at radius 1 is 1.29 bits per heavy atom. The molecule has 2 aromatic rings. The van der Waals surface area contributed by atoms with Gasteiger partial charge in [-0.1, -0.05) is 18.3 Å². The van der Waals surface area contributed by atoms with E-state index in [1.807, 2.05) is 0 Å². The molecule has 1 heterocycles. The number of carbonyl (C=O) groups excluding carboxylic acids is 1. The summed E-state index contributed by atoms with van der Waals surface area (Å²) >= 11 is 1.33. The normalized spacial score (nSPS) is 12.6. The van der Waals surface area contributed by atoms with E-state index < -0.39 is 11.7 Å². The van der Waals surface area contributed by atoms with E-state index in [1.54, 1.807) is 10.8 Å². The molecule has 0 aliphatic carbocycles. The molecular formula is C16H18F3N3OS. The van der Waals surface area contributed by atoms with Crippen LogP contribution in [0, 0.1) is 0 Å². The lowest BCUT2D eigenvalue weighted by Gasteiger charge is -2.08. The summed E-state index contributed by atoms with van der Waals surface area (Å²) in [5.41, 5.74) is -0.182. The molecule has 1 N–H and O–H groups in total. The van der Waals surface area contributed by atoms with Gasteiger partial charge in [0.1, 0.15) is 0 Å². The van der Waals surface area contributed by atoms with E-state index in [1.165, 1.54) is 30.4 Å². The Bertz CT molecular complexity index is 760. The number of hydrogen-bond acceptors (Lipinski definition) is 3. The Hall–Kier alpha value is -1.93. The first-order chi connectivity index (χ1) is 11.3. The first-order valence-electron chi connectivity index (χ1n) is 7.46. The van der Waals surface area contributed by atoms with Gasteiger partial charge in [-0.25, -0.2) is 0 Å². The number of aromatic nitrogens is 1. The van der Waals surface area contributed by atoms with Crippen molar-refractivity contribution < 1.29 is 18.0 Å². The highest BCUT2D eigenvalue weighted by molar-refractivity contribution is 7.09. The van der Waals surface area contributed by atoms with Crippen LogP contribution in [0.5, 0.6) is 0 Å². The average molecular weight is 357 g/mol. The van der Waals surface area contributed by atoms with Gasteiger partial charge >= 0.3 is 6.18 Å². The van der Waals surface area contributed by atoms with Crippen LogP contribution in [-0.4, -0.2) is 17.0 Å². The van der Waals surface area contributed by atoms with Crippen molar-refractivity contribution in [3.63, 3.8) is 0 Å². The molecule has 0 aliphatic heterocycles. The number of rotatable bonds is 5. The molecule has 1 amide bonds. The van der Waals surface area contributed by atoms with Gasteiger partial charge in [0.25, 0.3) is 0 Å². The molecule has 0 fully saturated rings. The lowest BCUT2D eigenvalue weighted by Crippen LogP contribution is -2.14. The molecule has 0 unspecified atom stereocenters. The van der Waals surface area contributed by atoms with Crippen LogP contribution in [0.4, 0.5) is 13.2 Å². The lowest BCUT2D eigenvalue weighted by molar-refractivity contribution is -0.137. The Labute approximate surface area is 141 Å². The smallest absolute Gasteiger partial charge is 0.312 e. The number of nitrogens with one attached hydrogen (secondary N) is 1. The van der Waals surface area contributed by atoms with Gasteiger partial charge < -0.3 is 5.32 Å². The van der Waals surface area contributed by atoms with E-state index in [-0.39, 0.29) is 5.91 Å². The van der Waals surface area contributed by atoms with Gasteiger partial charge in [-0.3, -0.25) is 9.36 Å². The van der Waals surface area contributed by atoms with E-state index in [4.69, 9.17) is 0 Å². The van der Waals surface area contributed by atoms with Crippen LogP contribution < -0.4 is 10.1 Å². The number of hydrogen-bond donors (Lipinski definition) is 1. The molecule has 130 valence electrons. The second-order valence-corrected chi connectivity index (χ2v) is 6.30. The first-order valence-corrected chi connectivity index (χ1v) is 8.28. The third kappa shape index (κ3) is 4.78. The summed E-state index contributed by atoms with van der Waals surface area (Å²) in [6, 6.07) is 4.79. The molecule has 0 aliphatic rings. The molecule has 2 rings (SSSR count). The van der Waals surface area contributed by atoms with Crippen LogP contribution in [0.3, 0.4) is 0 Å². The summed E-state index contributed by atoms with van der Waals surface area (Å²) in [5.74, 6) is -0.356. The first kappa shape index (κ1) is 18.4. The van der Waals surface area contributed by atoms with E-state index in [0.29, 0.717) is 17.0 Å². The zero-order valence-corrected chi connectivity index (χ0v) is 14.2. The molecule has 8 heteroatoms. The van der Waals surface area contributed by atoms with E-state index >= 15 is 0 Å². The molecule has 0 saturated carbocycles. The zero-order chi connectivity index (χ0) is 17.7. The average Bonchev–Trinajstić information content (AvgIpc) is 2.89. The van der Waals surface area contributed by atoms with Crippen LogP contribution >= 0.6 is 11.3 Å². The molecule has 0 saturated heterocycles. The number of thiazole rings is 1. The van der Waals surface area contributed by atoms with Gasteiger partial charge in [-0.05, 0) is 37.2 Å². The summed E-state index contributed by atoms with van der Waals surface area (Å²) in [4.78, 5) is 16.7. The van der Waals surface area contributed by atoms with E-state index in [9.17, 15) is 18.0 Å². The van der Waals surface area contributed by atoms with Crippen molar-refractivity contribution in [3.8, 4) is 5.69 Å². The van der Waals surface area contributed by atoms with Crippen molar-refractivity contribution in [2.24, 2.45) is 4.99 Å². The molecule has 4 nitrogen and oxygen atoms in total. The Kier molecular flexibility index (Phi) is 5.95. The third-order valence-electron chi connectivity index (χ3n) is 3.15. The van der Waals surface area contributed by atoms with Crippen molar-refractivity contribution >= 4 is 17.2 Å². The van der Waals surface area contributed by atoms with Crippen molar-refractivity contribution in [1.29, 1.82) is 0 Å². The van der Waals surface area contributed by atoms with Crippen LogP contribution in [0.1, 0.15) is 30.7 Å². The van der Waals surface area contributed by atoms with Crippen molar-refractivity contribution in [2.75, 3.05) is 6.54 Å². The van der Waals surface area contributed by atoms with Gasteiger partial charge in [0.2, 0.25) is 5.91 Å². The van der Waals surface area contributed by atoms with E-state index in [2.05, 4.69) is 17.2 Å². The number of nitrogens with zero attached hydrogens (tertiary/aromatic N) is 2. The Morgan fingerprint density at radius 2 is 1.96 bits per heavy atom. The minimum Gasteiger partial charge on any atom is -0.312 e. The molecule has 1 aromatic heterocycles. The number of amides is 1. The van der Waals surface area contributed by atoms with Crippen molar-refractivity contribution in [3.05, 3.63) is 45.7 Å². The number of carbonyl (C=O) groups is 1. The maximum absolute atomic E-state index is 12.7. The molecule has 1 aromatic carbocycles. The predicted molar refractivity (Wildman–Crippen MR) is 86.9 cm³/mol. The lowest BCUT2D eigenvalue weighted by atomic mass is 10.2. The number of halogens is 3. The van der Waals surface area contributed by atoms with Gasteiger partial charge in [0, 0.05) is 30.2 Å². The molecular weight excluding hydrogens is 339 g/mol. The zero-order valence-electron chi connectivity index (χ0n) is 13.4. The van der Waals surface area contributed by atoms with Crippen molar-refractivity contribution in [1.82, 2.24) is 9.88 Å². The summed E-state index contributed by atoms with van der Waals surface area (Å²) < 4.78 is 39.7. The summed E-state index contributed by atoms with van der Waals surface area (Å²) in [7, 11) is 0. The van der Waals surface area contributed by atoms with Gasteiger partial charge in [0.05, 0.1) is 5.56 Å². The second-order valence-electron chi connectivity index (χ2n) is 5.20. The summed E-state index contributed by atoms with van der Waals surface area (Å²) in [5, 5.41) is 3.25. The van der Waals surface area contributed by atoms with Gasteiger partial charge in [0.15, 0.2) is 4.80 Å². The fourth-order valence-corrected chi connectivity index (χ4v) is 3.07. The Balaban J connectivity index is 2.38. The second kappa shape index (κ2) is 7.76. The highest BCUT2D eigenvalue weighted by atomic mass is 32.1. The number of alkyl halides is 3. The third-order valence-corrected chi connectivity index (χ3v) is 4.14. The van der Waals surface area contributed by atoms with E-state index in [0.717, 1.165) is 30.0 Å². The van der Waals surface area contributed by atoms with Gasteiger partial charge in [-0.15, -0.1) is 0 Å². The summed E-state index contributed by atoms with van der Waals surface area (Å²) in [6.07, 6.45) is -1.59. The summed E-state index contributed by atoms with van der Waals surface area (Å²) in [6.45, 7) is 4.87. The maximum Gasteiger partial charge on any atom is 0.416 e. The van der Waals surface area contributed by atoms with Crippen LogP contribution in [0.2, 0.25) is 0 Å². The SMILES string of the molecule is CCCNCc1cn(-c2ccc(C(F)(F)F)cc2)/c(=N/C(C)=O)s1. The number of benzene rings is 1. The predicted octanol–water partition coefficient (Wildman–Crippen LogP) is 3.50. The minimum atomic E-state index is -4.38. The Morgan fingerprint density at radius 3 is 2.50 bits per heavy atom. The largest absolute Gasteiger partial charge is 0.416 e. The fourth-order valence-electron chi connectivity index (χ4n) is 2.07. The van der Waals surface area contributed by atoms with Crippen molar-refractivity contribution in [2.45, 2.75) is 33.0 Å². The van der Waals surface area contributed by atoms with Crippen LogP contribution in [0.25, 0.3) is 5.69 Å². The van der Waals surface area contributed by atoms with Crippen LogP contribution in [0.15, 0.2) is 35.5 Å². The standard InChI is InChI=1S/C16H18F3N3OS/c1-3-8-20-9-14-10-22(15(24-14)21-11(2)23)13-6-4-12(5-7-13)16(17,18)19/h4-7,10,20H,3,8-9H2,1-2H3/b21-15-. The molecule has 0 spiro atoms. The molecule has 0 radical (unpaired) electrons. The maximum atomic E-state index is 12.7. The molecule has 0 atom stereocenters. The molecule has 24 heavy (non-hydrogen) atoms.